The van der Waals surface area contributed by atoms with Gasteiger partial charge in [-0.05, 0) is 38.0 Å². The number of halogens is 1. The van der Waals surface area contributed by atoms with Crippen LogP contribution in [0.4, 0.5) is 4.39 Å². The van der Waals surface area contributed by atoms with E-state index >= 15 is 0 Å². The zero-order chi connectivity index (χ0) is 15.5. The largest absolute Gasteiger partial charge is 0.388 e. The zero-order valence-electron chi connectivity index (χ0n) is 11.9. The number of likely N-dealkylation sites (tertiary alicyclic amines) is 1. The molecule has 5 heteroatoms. The van der Waals surface area contributed by atoms with Crippen LogP contribution in [0.1, 0.15) is 35.7 Å². The Morgan fingerprint density at radius 1 is 1.52 bits per heavy atom. The van der Waals surface area contributed by atoms with E-state index in [4.69, 9.17) is 5.11 Å². The second-order valence-electron chi connectivity index (χ2n) is 5.48. The van der Waals surface area contributed by atoms with Crippen molar-refractivity contribution >= 4 is 5.91 Å². The molecular formula is C16H18FNO3. The molecule has 1 aromatic carbocycles. The van der Waals surface area contributed by atoms with Crippen LogP contribution >= 0.6 is 0 Å². The van der Waals surface area contributed by atoms with Gasteiger partial charge in [0.25, 0.3) is 5.91 Å². The maximum Gasteiger partial charge on any atom is 0.255 e. The number of benzene rings is 1. The van der Waals surface area contributed by atoms with E-state index in [0.29, 0.717) is 24.9 Å². The van der Waals surface area contributed by atoms with Crippen LogP contribution in [0.2, 0.25) is 0 Å². The molecule has 112 valence electrons. The fourth-order valence-corrected chi connectivity index (χ4v) is 2.50. The zero-order valence-corrected chi connectivity index (χ0v) is 11.9. The summed E-state index contributed by atoms with van der Waals surface area (Å²) < 4.78 is 13.4. The number of β-amino-alcohol motifs (C(OH)–C–C–N with tert-alkyl or cyclic N) is 1. The van der Waals surface area contributed by atoms with Gasteiger partial charge in [-0.1, -0.05) is 11.8 Å². The van der Waals surface area contributed by atoms with Gasteiger partial charge in [-0.25, -0.2) is 4.39 Å². The van der Waals surface area contributed by atoms with Crippen molar-refractivity contribution in [3.63, 3.8) is 0 Å². The number of carbonyl (C=O) groups excluding carboxylic acids is 1. The van der Waals surface area contributed by atoms with Crippen LogP contribution < -0.4 is 0 Å². The molecule has 0 aliphatic carbocycles. The molecule has 1 unspecified atom stereocenters. The van der Waals surface area contributed by atoms with Gasteiger partial charge in [0.05, 0.1) is 11.2 Å². The summed E-state index contributed by atoms with van der Waals surface area (Å²) in [6.07, 6.45) is 1.34. The van der Waals surface area contributed by atoms with Crippen LogP contribution in [0, 0.1) is 17.7 Å². The third-order valence-electron chi connectivity index (χ3n) is 3.48. The first-order chi connectivity index (χ1) is 9.93. The summed E-state index contributed by atoms with van der Waals surface area (Å²) in [7, 11) is 0. The SMILES string of the molecule is CC1(O)CCCN(C(=O)c2cc(F)ccc2C#CCO)C1. The number of carbonyl (C=O) groups is 1. The molecule has 21 heavy (non-hydrogen) atoms. The smallest absolute Gasteiger partial charge is 0.255 e. The number of rotatable bonds is 1. The Labute approximate surface area is 123 Å². The van der Waals surface area contributed by atoms with Gasteiger partial charge in [0.15, 0.2) is 0 Å². The molecule has 1 fully saturated rings. The van der Waals surface area contributed by atoms with Gasteiger partial charge in [-0.3, -0.25) is 4.79 Å². The third kappa shape index (κ3) is 3.81. The van der Waals surface area contributed by atoms with Gasteiger partial charge in [0, 0.05) is 18.7 Å². The van der Waals surface area contributed by atoms with Crippen LogP contribution in [0.3, 0.4) is 0 Å². The van der Waals surface area contributed by atoms with Crippen LogP contribution in [0.15, 0.2) is 18.2 Å². The summed E-state index contributed by atoms with van der Waals surface area (Å²) in [5.41, 5.74) is -0.382. The van der Waals surface area contributed by atoms with Crippen molar-refractivity contribution in [2.75, 3.05) is 19.7 Å². The molecule has 1 atom stereocenters. The maximum absolute atomic E-state index is 13.4. The van der Waals surface area contributed by atoms with Gasteiger partial charge in [-0.2, -0.15) is 0 Å². The molecule has 0 aromatic heterocycles. The standard InChI is InChI=1S/C16H18FNO3/c1-16(21)7-3-8-18(11-16)15(20)14-10-13(17)6-5-12(14)4-2-9-19/h5-6,10,19,21H,3,7-9,11H2,1H3. The number of piperidine rings is 1. The number of hydrogen-bond acceptors (Lipinski definition) is 3. The lowest BCUT2D eigenvalue weighted by atomic mass is 9.94. The minimum absolute atomic E-state index is 0.161. The van der Waals surface area contributed by atoms with Gasteiger partial charge >= 0.3 is 0 Å². The maximum atomic E-state index is 13.4. The van der Waals surface area contributed by atoms with Crippen molar-refractivity contribution in [2.45, 2.75) is 25.4 Å². The molecule has 0 radical (unpaired) electrons. The van der Waals surface area contributed by atoms with Crippen molar-refractivity contribution in [3.8, 4) is 11.8 Å². The molecule has 1 aliphatic heterocycles. The molecule has 1 aliphatic rings. The summed E-state index contributed by atoms with van der Waals surface area (Å²) in [4.78, 5) is 14.1. The lowest BCUT2D eigenvalue weighted by Gasteiger charge is -2.37. The van der Waals surface area contributed by atoms with Gasteiger partial charge in [0.2, 0.25) is 0 Å². The van der Waals surface area contributed by atoms with Crippen molar-refractivity contribution in [3.05, 3.63) is 35.1 Å². The molecule has 1 aromatic rings. The summed E-state index contributed by atoms with van der Waals surface area (Å²) in [6, 6.07) is 3.80. The molecule has 1 saturated heterocycles. The molecule has 1 amide bonds. The van der Waals surface area contributed by atoms with E-state index in [9.17, 15) is 14.3 Å². The number of amides is 1. The van der Waals surface area contributed by atoms with Crippen molar-refractivity contribution in [1.29, 1.82) is 0 Å². The molecule has 0 saturated carbocycles. The first-order valence-electron chi connectivity index (χ1n) is 6.84. The molecular weight excluding hydrogens is 273 g/mol. The van der Waals surface area contributed by atoms with Crippen LogP contribution in [-0.4, -0.2) is 46.3 Å². The second kappa shape index (κ2) is 6.25. The highest BCUT2D eigenvalue weighted by Crippen LogP contribution is 2.23. The Balaban J connectivity index is 2.31. The van der Waals surface area contributed by atoms with Crippen molar-refractivity contribution < 1.29 is 19.4 Å². The van der Waals surface area contributed by atoms with E-state index in [1.165, 1.54) is 17.0 Å². The monoisotopic (exact) mass is 291 g/mol. The fourth-order valence-electron chi connectivity index (χ4n) is 2.50. The third-order valence-corrected chi connectivity index (χ3v) is 3.48. The Morgan fingerprint density at radius 3 is 2.95 bits per heavy atom. The van der Waals surface area contributed by atoms with E-state index in [2.05, 4.69) is 11.8 Å². The summed E-state index contributed by atoms with van der Waals surface area (Å²) >= 11 is 0. The van der Waals surface area contributed by atoms with Gasteiger partial charge in [0.1, 0.15) is 12.4 Å². The first kappa shape index (κ1) is 15.5. The molecule has 1 heterocycles. The average molecular weight is 291 g/mol. The van der Waals surface area contributed by atoms with E-state index in [1.807, 2.05) is 0 Å². The lowest BCUT2D eigenvalue weighted by molar-refractivity contribution is -0.0107. The molecule has 0 spiro atoms. The van der Waals surface area contributed by atoms with E-state index in [1.54, 1.807) is 6.92 Å². The molecule has 2 rings (SSSR count). The van der Waals surface area contributed by atoms with Gasteiger partial charge < -0.3 is 15.1 Å². The first-order valence-corrected chi connectivity index (χ1v) is 6.84. The minimum atomic E-state index is -0.918. The summed E-state index contributed by atoms with van der Waals surface area (Å²) in [5.74, 6) is 4.25. The summed E-state index contributed by atoms with van der Waals surface area (Å²) in [6.45, 7) is 2.10. The predicted octanol–water partition coefficient (Wildman–Crippen LogP) is 1.16. The van der Waals surface area contributed by atoms with Crippen LogP contribution in [0.5, 0.6) is 0 Å². The quantitative estimate of drug-likeness (QED) is 0.763. The van der Waals surface area contributed by atoms with Crippen LogP contribution in [0.25, 0.3) is 0 Å². The number of hydrogen-bond donors (Lipinski definition) is 2. The second-order valence-corrected chi connectivity index (χ2v) is 5.48. The normalized spacial score (nSPS) is 21.6. The van der Waals surface area contributed by atoms with Crippen LogP contribution in [-0.2, 0) is 0 Å². The highest BCUT2D eigenvalue weighted by molar-refractivity contribution is 5.97. The van der Waals surface area contributed by atoms with Crippen molar-refractivity contribution in [2.24, 2.45) is 0 Å². The van der Waals surface area contributed by atoms with Gasteiger partial charge in [-0.15, -0.1) is 0 Å². The van der Waals surface area contributed by atoms with E-state index in [0.717, 1.165) is 6.07 Å². The molecule has 4 nitrogen and oxygen atoms in total. The van der Waals surface area contributed by atoms with E-state index < -0.39 is 11.4 Å². The van der Waals surface area contributed by atoms with E-state index in [-0.39, 0.29) is 24.6 Å². The number of aliphatic hydroxyl groups excluding tert-OH is 1. The molecule has 0 bridgehead atoms. The highest BCUT2D eigenvalue weighted by Gasteiger charge is 2.32. The fraction of sp³-hybridized carbons (Fsp3) is 0.438. The predicted molar refractivity (Wildman–Crippen MR) is 76.1 cm³/mol. The van der Waals surface area contributed by atoms with Crippen molar-refractivity contribution in [1.82, 2.24) is 4.90 Å². The Hall–Kier alpha value is -1.90. The average Bonchev–Trinajstić information content (AvgIpc) is 2.44. The topological polar surface area (TPSA) is 60.8 Å². The number of nitrogens with zero attached hydrogens (tertiary/aromatic N) is 1. The Kier molecular flexibility index (Phi) is 4.61. The Bertz CT molecular complexity index is 601. The lowest BCUT2D eigenvalue weighted by Crippen LogP contribution is -2.48. The Morgan fingerprint density at radius 2 is 2.29 bits per heavy atom. The molecule has 2 N–H and O–H groups in total. The summed E-state index contributed by atoms with van der Waals surface area (Å²) in [5, 5.41) is 18.8. The minimum Gasteiger partial charge on any atom is -0.388 e. The number of aliphatic hydroxyl groups is 2. The highest BCUT2D eigenvalue weighted by atomic mass is 19.1.